The molecule has 1 nitrogen and oxygen atoms in total. The maximum absolute atomic E-state index is 13.2. The quantitative estimate of drug-likeness (QED) is 0.826. The zero-order valence-corrected chi connectivity index (χ0v) is 9.24. The smallest absolute Gasteiger partial charge is 0.138 e. The van der Waals surface area contributed by atoms with Gasteiger partial charge in [0.05, 0.1) is 4.47 Å². The Bertz CT molecular complexity index is 350. The molecule has 0 aromatic heterocycles. The summed E-state index contributed by atoms with van der Waals surface area (Å²) in [4.78, 5) is 0. The summed E-state index contributed by atoms with van der Waals surface area (Å²) >= 11 is 2.91. The summed E-state index contributed by atoms with van der Waals surface area (Å²) < 4.78 is 26.3. The monoisotopic (exact) mass is 261 g/mol. The van der Waals surface area contributed by atoms with Crippen molar-refractivity contribution in [3.05, 3.63) is 39.9 Å². The molecule has 1 aromatic rings. The van der Waals surface area contributed by atoms with Crippen molar-refractivity contribution in [3.8, 4) is 0 Å². The largest absolute Gasteiger partial charge is 0.316 e. The molecule has 0 heterocycles. The van der Waals surface area contributed by atoms with E-state index in [0.717, 1.165) is 12.1 Å². The number of nitrogens with one attached hydrogen (secondary N) is 1. The Morgan fingerprint density at radius 3 is 2.71 bits per heavy atom. The first kappa shape index (κ1) is 11.3. The van der Waals surface area contributed by atoms with Crippen molar-refractivity contribution in [2.24, 2.45) is 0 Å². The van der Waals surface area contributed by atoms with Gasteiger partial charge in [0, 0.05) is 12.1 Å². The van der Waals surface area contributed by atoms with E-state index in [1.807, 2.05) is 0 Å². The van der Waals surface area contributed by atoms with Gasteiger partial charge in [-0.2, -0.15) is 0 Å². The Kier molecular flexibility index (Phi) is 4.22. The molecule has 76 valence electrons. The number of rotatable bonds is 3. The SMILES string of the molecule is CNCC=Cc1cc(F)c(Br)cc1F. The van der Waals surface area contributed by atoms with Crippen LogP contribution in [0.4, 0.5) is 8.78 Å². The van der Waals surface area contributed by atoms with E-state index in [1.54, 1.807) is 19.2 Å². The second-order valence-electron chi connectivity index (χ2n) is 2.75. The van der Waals surface area contributed by atoms with Crippen molar-refractivity contribution < 1.29 is 8.78 Å². The van der Waals surface area contributed by atoms with Crippen LogP contribution >= 0.6 is 15.9 Å². The van der Waals surface area contributed by atoms with Crippen LogP contribution in [-0.4, -0.2) is 13.6 Å². The Balaban J connectivity index is 2.92. The molecule has 0 radical (unpaired) electrons. The molecule has 1 aromatic carbocycles. The highest BCUT2D eigenvalue weighted by atomic mass is 79.9. The molecule has 14 heavy (non-hydrogen) atoms. The average molecular weight is 262 g/mol. The molecule has 0 atom stereocenters. The van der Waals surface area contributed by atoms with Gasteiger partial charge in [-0.05, 0) is 35.1 Å². The van der Waals surface area contributed by atoms with E-state index in [0.29, 0.717) is 6.54 Å². The number of halogens is 3. The van der Waals surface area contributed by atoms with Crippen molar-refractivity contribution in [2.75, 3.05) is 13.6 Å². The summed E-state index contributed by atoms with van der Waals surface area (Å²) in [5, 5.41) is 2.87. The topological polar surface area (TPSA) is 12.0 Å². The van der Waals surface area contributed by atoms with Gasteiger partial charge >= 0.3 is 0 Å². The van der Waals surface area contributed by atoms with E-state index in [4.69, 9.17) is 0 Å². The van der Waals surface area contributed by atoms with Crippen LogP contribution in [0.2, 0.25) is 0 Å². The molecule has 0 aliphatic carbocycles. The van der Waals surface area contributed by atoms with E-state index >= 15 is 0 Å². The van der Waals surface area contributed by atoms with E-state index in [-0.39, 0.29) is 10.0 Å². The van der Waals surface area contributed by atoms with Gasteiger partial charge in [0.2, 0.25) is 0 Å². The molecule has 0 saturated carbocycles. The molecule has 0 saturated heterocycles. The average Bonchev–Trinajstić information content (AvgIpc) is 2.14. The van der Waals surface area contributed by atoms with Gasteiger partial charge in [0.15, 0.2) is 0 Å². The lowest BCUT2D eigenvalue weighted by atomic mass is 10.2. The van der Waals surface area contributed by atoms with Crippen LogP contribution in [0.15, 0.2) is 22.7 Å². The molecular weight excluding hydrogens is 252 g/mol. The van der Waals surface area contributed by atoms with Crippen LogP contribution < -0.4 is 5.32 Å². The highest BCUT2D eigenvalue weighted by molar-refractivity contribution is 9.10. The fourth-order valence-corrected chi connectivity index (χ4v) is 1.28. The van der Waals surface area contributed by atoms with Crippen LogP contribution in [0, 0.1) is 11.6 Å². The van der Waals surface area contributed by atoms with Crippen LogP contribution in [0.25, 0.3) is 6.08 Å². The number of benzene rings is 1. The van der Waals surface area contributed by atoms with E-state index < -0.39 is 11.6 Å². The lowest BCUT2D eigenvalue weighted by Crippen LogP contribution is -2.03. The third-order valence-electron chi connectivity index (χ3n) is 1.66. The van der Waals surface area contributed by atoms with Crippen molar-refractivity contribution in [3.63, 3.8) is 0 Å². The Labute approximate surface area is 90.0 Å². The van der Waals surface area contributed by atoms with Gasteiger partial charge in [0.1, 0.15) is 11.6 Å². The van der Waals surface area contributed by atoms with Crippen LogP contribution in [0.1, 0.15) is 5.56 Å². The second-order valence-corrected chi connectivity index (χ2v) is 3.60. The van der Waals surface area contributed by atoms with Gasteiger partial charge < -0.3 is 5.32 Å². The molecule has 0 bridgehead atoms. The molecule has 0 unspecified atom stereocenters. The standard InChI is InChI=1S/C10H10BrF2N/c1-14-4-2-3-7-5-10(13)8(11)6-9(7)12/h2-3,5-6,14H,4H2,1H3. The first-order valence-corrected chi connectivity index (χ1v) is 4.90. The number of hydrogen-bond donors (Lipinski definition) is 1. The molecular formula is C10H10BrF2N. The minimum atomic E-state index is -0.462. The lowest BCUT2D eigenvalue weighted by Gasteiger charge is -1.99. The molecule has 1 N–H and O–H groups in total. The van der Waals surface area contributed by atoms with Crippen LogP contribution in [-0.2, 0) is 0 Å². The van der Waals surface area contributed by atoms with Crippen LogP contribution in [0.5, 0.6) is 0 Å². The fraction of sp³-hybridized carbons (Fsp3) is 0.200. The molecule has 0 aliphatic heterocycles. The highest BCUT2D eigenvalue weighted by Gasteiger charge is 2.05. The fourth-order valence-electron chi connectivity index (χ4n) is 0.969. The van der Waals surface area contributed by atoms with Crippen molar-refractivity contribution >= 4 is 22.0 Å². The van der Waals surface area contributed by atoms with E-state index in [9.17, 15) is 8.78 Å². The summed E-state index contributed by atoms with van der Waals surface area (Å²) in [7, 11) is 1.78. The summed E-state index contributed by atoms with van der Waals surface area (Å²) in [6, 6.07) is 2.28. The molecule has 0 spiro atoms. The second kappa shape index (κ2) is 5.22. The molecule has 0 amide bonds. The maximum atomic E-state index is 13.2. The summed E-state index contributed by atoms with van der Waals surface area (Å²) in [5.41, 5.74) is 0.251. The number of hydrogen-bond acceptors (Lipinski definition) is 1. The minimum Gasteiger partial charge on any atom is -0.316 e. The Morgan fingerprint density at radius 1 is 1.36 bits per heavy atom. The summed E-state index contributed by atoms with van der Waals surface area (Å²) in [5.74, 6) is -0.902. The molecule has 0 fully saturated rings. The molecule has 4 heteroatoms. The summed E-state index contributed by atoms with van der Waals surface area (Å²) in [6.45, 7) is 0.622. The van der Waals surface area contributed by atoms with Gasteiger partial charge in [-0.3, -0.25) is 0 Å². The van der Waals surface area contributed by atoms with Gasteiger partial charge in [0.25, 0.3) is 0 Å². The van der Waals surface area contributed by atoms with Crippen molar-refractivity contribution in [2.45, 2.75) is 0 Å². The lowest BCUT2D eigenvalue weighted by molar-refractivity contribution is 0.592. The summed E-state index contributed by atoms with van der Waals surface area (Å²) in [6.07, 6.45) is 3.27. The van der Waals surface area contributed by atoms with Gasteiger partial charge in [-0.1, -0.05) is 12.2 Å². The van der Waals surface area contributed by atoms with Crippen molar-refractivity contribution in [1.29, 1.82) is 0 Å². The zero-order chi connectivity index (χ0) is 10.6. The van der Waals surface area contributed by atoms with Gasteiger partial charge in [-0.25, -0.2) is 8.78 Å². The molecule has 1 rings (SSSR count). The third-order valence-corrected chi connectivity index (χ3v) is 2.27. The Hall–Kier alpha value is -0.740. The zero-order valence-electron chi connectivity index (χ0n) is 7.65. The van der Waals surface area contributed by atoms with E-state index in [2.05, 4.69) is 21.2 Å². The van der Waals surface area contributed by atoms with Crippen LogP contribution in [0.3, 0.4) is 0 Å². The first-order valence-electron chi connectivity index (χ1n) is 4.11. The molecule has 0 aliphatic rings. The number of likely N-dealkylation sites (N-methyl/N-ethyl adjacent to an activating group) is 1. The Morgan fingerprint density at radius 2 is 2.07 bits per heavy atom. The first-order chi connectivity index (χ1) is 6.65. The minimum absolute atomic E-state index is 0.140. The third kappa shape index (κ3) is 2.89. The van der Waals surface area contributed by atoms with Gasteiger partial charge in [-0.15, -0.1) is 0 Å². The maximum Gasteiger partial charge on any atom is 0.138 e. The normalized spacial score (nSPS) is 11.1. The van der Waals surface area contributed by atoms with Crippen molar-refractivity contribution in [1.82, 2.24) is 5.32 Å². The van der Waals surface area contributed by atoms with E-state index in [1.165, 1.54) is 0 Å². The highest BCUT2D eigenvalue weighted by Crippen LogP contribution is 2.20. The predicted octanol–water partition coefficient (Wildman–Crippen LogP) is 2.96. The predicted molar refractivity (Wildman–Crippen MR) is 57.0 cm³/mol.